The highest BCUT2D eigenvalue weighted by Crippen LogP contribution is 2.27. The molecule has 0 radical (unpaired) electrons. The third-order valence-electron chi connectivity index (χ3n) is 1.71. The van der Waals surface area contributed by atoms with Gasteiger partial charge in [0.25, 0.3) is 0 Å². The summed E-state index contributed by atoms with van der Waals surface area (Å²) in [6.07, 6.45) is 0. The molecule has 0 fully saturated rings. The van der Waals surface area contributed by atoms with E-state index in [1.807, 2.05) is 37.3 Å². The van der Waals surface area contributed by atoms with Gasteiger partial charge in [-0.1, -0.05) is 30.3 Å². The van der Waals surface area contributed by atoms with Crippen molar-refractivity contribution < 1.29 is 4.74 Å². The van der Waals surface area contributed by atoms with Crippen LogP contribution in [0.2, 0.25) is 0 Å². The fourth-order valence-corrected chi connectivity index (χ4v) is 1.01. The zero-order valence-corrected chi connectivity index (χ0v) is 7.64. The quantitative estimate of drug-likeness (QED) is 0.527. The van der Waals surface area contributed by atoms with Gasteiger partial charge in [-0.15, -0.1) is 12.6 Å². The molecule has 0 aromatic heterocycles. The SMILES string of the molecule is COC(C)(S)c1ccccc1. The number of ether oxygens (including phenoxy) is 1. The molecule has 1 atom stereocenters. The maximum absolute atomic E-state index is 5.19. The Kier molecular flexibility index (Phi) is 2.58. The van der Waals surface area contributed by atoms with Crippen molar-refractivity contribution in [2.45, 2.75) is 11.9 Å². The molecule has 1 aromatic rings. The van der Waals surface area contributed by atoms with Gasteiger partial charge in [0.1, 0.15) is 4.93 Å². The first-order valence-electron chi connectivity index (χ1n) is 3.50. The van der Waals surface area contributed by atoms with Gasteiger partial charge < -0.3 is 4.74 Å². The Morgan fingerprint density at radius 3 is 2.27 bits per heavy atom. The number of hydrogen-bond donors (Lipinski definition) is 1. The minimum Gasteiger partial charge on any atom is -0.364 e. The zero-order chi connectivity index (χ0) is 8.32. The van der Waals surface area contributed by atoms with Crippen LogP contribution in [0.5, 0.6) is 0 Å². The molecule has 0 aliphatic carbocycles. The Bertz CT molecular complexity index is 218. The second-order valence-electron chi connectivity index (χ2n) is 2.55. The summed E-state index contributed by atoms with van der Waals surface area (Å²) in [5.41, 5.74) is 1.07. The van der Waals surface area contributed by atoms with Crippen molar-refractivity contribution in [3.63, 3.8) is 0 Å². The Morgan fingerprint density at radius 2 is 1.82 bits per heavy atom. The van der Waals surface area contributed by atoms with Crippen molar-refractivity contribution in [3.05, 3.63) is 35.9 Å². The molecular formula is C9H12OS. The van der Waals surface area contributed by atoms with E-state index in [2.05, 4.69) is 12.6 Å². The van der Waals surface area contributed by atoms with Gasteiger partial charge in [-0.2, -0.15) is 0 Å². The van der Waals surface area contributed by atoms with E-state index in [1.165, 1.54) is 0 Å². The second kappa shape index (κ2) is 3.28. The van der Waals surface area contributed by atoms with Crippen molar-refractivity contribution in [3.8, 4) is 0 Å². The van der Waals surface area contributed by atoms with Gasteiger partial charge in [0, 0.05) is 7.11 Å². The van der Waals surface area contributed by atoms with E-state index < -0.39 is 4.93 Å². The third-order valence-corrected chi connectivity index (χ3v) is 2.15. The highest BCUT2D eigenvalue weighted by molar-refractivity contribution is 7.81. The summed E-state index contributed by atoms with van der Waals surface area (Å²) in [6, 6.07) is 9.92. The third kappa shape index (κ3) is 1.98. The van der Waals surface area contributed by atoms with Crippen LogP contribution in [0.3, 0.4) is 0 Å². The highest BCUT2D eigenvalue weighted by atomic mass is 32.1. The molecule has 0 aliphatic rings. The van der Waals surface area contributed by atoms with Crippen LogP contribution in [0.1, 0.15) is 12.5 Å². The monoisotopic (exact) mass is 168 g/mol. The molecule has 60 valence electrons. The van der Waals surface area contributed by atoms with Gasteiger partial charge in [0.2, 0.25) is 0 Å². The standard InChI is InChI=1S/C9H12OS/c1-9(11,10-2)8-6-4-3-5-7-8/h3-7,11H,1-2H3. The van der Waals surface area contributed by atoms with Gasteiger partial charge >= 0.3 is 0 Å². The number of benzene rings is 1. The Balaban J connectivity index is 2.93. The van der Waals surface area contributed by atoms with E-state index >= 15 is 0 Å². The van der Waals surface area contributed by atoms with E-state index in [1.54, 1.807) is 7.11 Å². The molecule has 11 heavy (non-hydrogen) atoms. The summed E-state index contributed by atoms with van der Waals surface area (Å²) in [4.78, 5) is -0.471. The lowest BCUT2D eigenvalue weighted by molar-refractivity contribution is 0.0880. The first-order chi connectivity index (χ1) is 5.17. The smallest absolute Gasteiger partial charge is 0.133 e. The van der Waals surface area contributed by atoms with Crippen LogP contribution >= 0.6 is 12.6 Å². The number of rotatable bonds is 2. The molecule has 2 heteroatoms. The number of methoxy groups -OCH3 is 1. The lowest BCUT2D eigenvalue weighted by atomic mass is 10.1. The van der Waals surface area contributed by atoms with Crippen LogP contribution < -0.4 is 0 Å². The first-order valence-corrected chi connectivity index (χ1v) is 3.94. The summed E-state index contributed by atoms with van der Waals surface area (Å²) in [7, 11) is 1.65. The molecule has 0 bridgehead atoms. The van der Waals surface area contributed by atoms with Crippen LogP contribution in [0.25, 0.3) is 0 Å². The van der Waals surface area contributed by atoms with E-state index in [0.717, 1.165) is 5.56 Å². The Hall–Kier alpha value is -0.470. The lowest BCUT2D eigenvalue weighted by Gasteiger charge is -2.21. The second-order valence-corrected chi connectivity index (χ2v) is 3.41. The molecule has 0 N–H and O–H groups in total. The predicted molar refractivity (Wildman–Crippen MR) is 49.8 cm³/mol. The largest absolute Gasteiger partial charge is 0.364 e. The van der Waals surface area contributed by atoms with Crippen LogP contribution in [-0.2, 0) is 9.67 Å². The van der Waals surface area contributed by atoms with Gasteiger partial charge in [0.15, 0.2) is 0 Å². The maximum atomic E-state index is 5.19. The van der Waals surface area contributed by atoms with Gasteiger partial charge in [-0.05, 0) is 12.5 Å². The van der Waals surface area contributed by atoms with Crippen LogP contribution in [0.15, 0.2) is 30.3 Å². The van der Waals surface area contributed by atoms with Crippen molar-refractivity contribution in [2.24, 2.45) is 0 Å². The summed E-state index contributed by atoms with van der Waals surface area (Å²) in [6.45, 7) is 1.92. The molecule has 0 saturated heterocycles. The van der Waals surface area contributed by atoms with E-state index in [0.29, 0.717) is 0 Å². The molecule has 1 rings (SSSR count). The lowest BCUT2D eigenvalue weighted by Crippen LogP contribution is -2.15. The summed E-state index contributed by atoms with van der Waals surface area (Å²) < 4.78 is 5.19. The minimum atomic E-state index is -0.471. The average Bonchev–Trinajstić information content (AvgIpc) is 2.06. The molecular weight excluding hydrogens is 156 g/mol. The topological polar surface area (TPSA) is 9.23 Å². The van der Waals surface area contributed by atoms with E-state index in [4.69, 9.17) is 4.74 Å². The molecule has 0 spiro atoms. The molecule has 1 nitrogen and oxygen atoms in total. The van der Waals surface area contributed by atoms with Crippen molar-refractivity contribution in [1.29, 1.82) is 0 Å². The molecule has 0 amide bonds. The van der Waals surface area contributed by atoms with Crippen molar-refractivity contribution in [1.82, 2.24) is 0 Å². The molecule has 0 heterocycles. The predicted octanol–water partition coefficient (Wildman–Crippen LogP) is 2.44. The Morgan fingerprint density at radius 1 is 1.27 bits per heavy atom. The first kappa shape index (κ1) is 8.62. The summed E-state index contributed by atoms with van der Waals surface area (Å²) in [5.74, 6) is 0. The van der Waals surface area contributed by atoms with E-state index in [-0.39, 0.29) is 0 Å². The number of hydrogen-bond acceptors (Lipinski definition) is 2. The molecule has 0 saturated carbocycles. The van der Waals surface area contributed by atoms with Crippen LogP contribution in [-0.4, -0.2) is 7.11 Å². The molecule has 1 aromatic carbocycles. The van der Waals surface area contributed by atoms with E-state index in [9.17, 15) is 0 Å². The fourth-order valence-electron chi connectivity index (χ4n) is 0.865. The number of thiol groups is 1. The molecule has 0 aliphatic heterocycles. The zero-order valence-electron chi connectivity index (χ0n) is 6.74. The van der Waals surface area contributed by atoms with Gasteiger partial charge in [-0.3, -0.25) is 0 Å². The maximum Gasteiger partial charge on any atom is 0.133 e. The molecule has 1 unspecified atom stereocenters. The van der Waals surface area contributed by atoms with Gasteiger partial charge in [0.05, 0.1) is 0 Å². The van der Waals surface area contributed by atoms with Crippen LogP contribution in [0, 0.1) is 0 Å². The van der Waals surface area contributed by atoms with Crippen molar-refractivity contribution in [2.75, 3.05) is 7.11 Å². The fraction of sp³-hybridized carbons (Fsp3) is 0.333. The summed E-state index contributed by atoms with van der Waals surface area (Å²) in [5, 5.41) is 0. The Labute approximate surface area is 72.8 Å². The van der Waals surface area contributed by atoms with Crippen molar-refractivity contribution >= 4 is 12.6 Å². The van der Waals surface area contributed by atoms with Crippen LogP contribution in [0.4, 0.5) is 0 Å². The highest BCUT2D eigenvalue weighted by Gasteiger charge is 2.19. The van der Waals surface area contributed by atoms with Gasteiger partial charge in [-0.25, -0.2) is 0 Å². The minimum absolute atomic E-state index is 0.471. The normalized spacial score (nSPS) is 15.9. The average molecular weight is 168 g/mol. The summed E-state index contributed by atoms with van der Waals surface area (Å²) >= 11 is 4.35.